The zero-order chi connectivity index (χ0) is 19.2. The molecule has 3 aromatic rings. The molecule has 138 valence electrons. The summed E-state index contributed by atoms with van der Waals surface area (Å²) in [6.07, 6.45) is 4.02. The van der Waals surface area contributed by atoms with Gasteiger partial charge < -0.3 is 5.32 Å². The van der Waals surface area contributed by atoms with Crippen molar-refractivity contribution in [2.24, 2.45) is 0 Å². The number of halogens is 2. The molecule has 8 heteroatoms. The van der Waals surface area contributed by atoms with E-state index in [2.05, 4.69) is 15.4 Å². The summed E-state index contributed by atoms with van der Waals surface area (Å²) in [6.45, 7) is 0.323. The first-order valence-corrected chi connectivity index (χ1v) is 9.02. The minimum absolute atomic E-state index is 0.212. The predicted molar refractivity (Wildman–Crippen MR) is 106 cm³/mol. The summed E-state index contributed by atoms with van der Waals surface area (Å²) in [7, 11) is 0. The van der Waals surface area contributed by atoms with Crippen LogP contribution < -0.4 is 10.9 Å². The van der Waals surface area contributed by atoms with Crippen molar-refractivity contribution in [3.05, 3.63) is 75.3 Å². The van der Waals surface area contributed by atoms with E-state index in [9.17, 15) is 9.59 Å². The number of anilines is 1. The van der Waals surface area contributed by atoms with Gasteiger partial charge in [0.15, 0.2) is 0 Å². The van der Waals surface area contributed by atoms with Gasteiger partial charge in [0.05, 0.1) is 16.4 Å². The minimum atomic E-state index is -0.221. The van der Waals surface area contributed by atoms with Gasteiger partial charge in [0.1, 0.15) is 0 Å². The van der Waals surface area contributed by atoms with E-state index in [-0.39, 0.29) is 17.9 Å². The molecule has 1 N–H and O–H groups in total. The zero-order valence-electron chi connectivity index (χ0n) is 14.2. The van der Waals surface area contributed by atoms with Crippen molar-refractivity contribution < 1.29 is 4.79 Å². The molecule has 0 aliphatic heterocycles. The smallest absolute Gasteiger partial charge is 0.266 e. The van der Waals surface area contributed by atoms with Crippen molar-refractivity contribution in [1.82, 2.24) is 14.8 Å². The first-order chi connectivity index (χ1) is 13.0. The second-order valence-corrected chi connectivity index (χ2v) is 6.64. The van der Waals surface area contributed by atoms with Crippen LogP contribution >= 0.6 is 23.2 Å². The Morgan fingerprint density at radius 3 is 2.78 bits per heavy atom. The maximum atomic E-state index is 12.1. The van der Waals surface area contributed by atoms with Gasteiger partial charge in [-0.05, 0) is 42.8 Å². The second-order valence-electron chi connectivity index (χ2n) is 5.80. The number of pyridine rings is 1. The van der Waals surface area contributed by atoms with Gasteiger partial charge in [0.2, 0.25) is 5.91 Å². The van der Waals surface area contributed by atoms with Crippen LogP contribution in [0.25, 0.3) is 11.3 Å². The lowest BCUT2D eigenvalue weighted by atomic mass is 10.2. The molecule has 0 saturated carbocycles. The third kappa shape index (κ3) is 5.15. The van der Waals surface area contributed by atoms with Crippen LogP contribution in [0.4, 0.5) is 5.69 Å². The number of carbonyl (C=O) groups excluding carboxylic acids is 1. The van der Waals surface area contributed by atoms with E-state index in [4.69, 9.17) is 23.2 Å². The predicted octanol–water partition coefficient (Wildman–Crippen LogP) is 4.03. The first-order valence-electron chi connectivity index (χ1n) is 8.26. The highest BCUT2D eigenvalue weighted by molar-refractivity contribution is 6.35. The van der Waals surface area contributed by atoms with Crippen molar-refractivity contribution in [2.75, 3.05) is 5.32 Å². The summed E-state index contributed by atoms with van der Waals surface area (Å²) < 4.78 is 1.35. The van der Waals surface area contributed by atoms with Crippen LogP contribution in [0.1, 0.15) is 12.8 Å². The largest absolute Gasteiger partial charge is 0.325 e. The minimum Gasteiger partial charge on any atom is -0.325 e. The van der Waals surface area contributed by atoms with Gasteiger partial charge >= 0.3 is 0 Å². The fraction of sp³-hybridized carbons (Fsp3) is 0.158. The molecule has 0 atom stereocenters. The maximum absolute atomic E-state index is 12.1. The zero-order valence-corrected chi connectivity index (χ0v) is 15.7. The van der Waals surface area contributed by atoms with Gasteiger partial charge in [0.25, 0.3) is 5.56 Å². The van der Waals surface area contributed by atoms with Crippen molar-refractivity contribution >= 4 is 34.8 Å². The molecule has 1 amide bonds. The van der Waals surface area contributed by atoms with Crippen LogP contribution in [-0.2, 0) is 11.3 Å². The summed E-state index contributed by atoms with van der Waals surface area (Å²) in [4.78, 5) is 28.2. The average Bonchev–Trinajstić information content (AvgIpc) is 2.67. The summed E-state index contributed by atoms with van der Waals surface area (Å²) in [5, 5.41) is 7.96. The van der Waals surface area contributed by atoms with Crippen molar-refractivity contribution in [1.29, 1.82) is 0 Å². The quantitative estimate of drug-likeness (QED) is 0.674. The lowest BCUT2D eigenvalue weighted by molar-refractivity contribution is -0.116. The number of rotatable bonds is 6. The summed E-state index contributed by atoms with van der Waals surface area (Å²) in [5.41, 5.74) is 1.71. The Morgan fingerprint density at radius 1 is 1.15 bits per heavy atom. The van der Waals surface area contributed by atoms with Crippen LogP contribution in [-0.4, -0.2) is 20.7 Å². The molecule has 3 rings (SSSR count). The van der Waals surface area contributed by atoms with Gasteiger partial charge in [-0.3, -0.25) is 14.6 Å². The van der Waals surface area contributed by atoms with Crippen molar-refractivity contribution in [3.8, 4) is 11.3 Å². The van der Waals surface area contributed by atoms with Crippen molar-refractivity contribution in [3.63, 3.8) is 0 Å². The number of aryl methyl sites for hydroxylation is 1. The third-order valence-corrected chi connectivity index (χ3v) is 4.36. The Hall–Kier alpha value is -2.70. The first kappa shape index (κ1) is 19.1. The fourth-order valence-electron chi connectivity index (χ4n) is 2.47. The molecule has 0 saturated heterocycles. The number of aromatic nitrogens is 3. The summed E-state index contributed by atoms with van der Waals surface area (Å²) in [6, 6.07) is 11.6. The van der Waals surface area contributed by atoms with Crippen LogP contribution in [0.5, 0.6) is 0 Å². The van der Waals surface area contributed by atoms with Gasteiger partial charge in [-0.2, -0.15) is 5.10 Å². The number of benzene rings is 1. The van der Waals surface area contributed by atoms with Crippen LogP contribution in [0.3, 0.4) is 0 Å². The molecule has 2 aromatic heterocycles. The topological polar surface area (TPSA) is 76.9 Å². The summed E-state index contributed by atoms with van der Waals surface area (Å²) >= 11 is 11.9. The highest BCUT2D eigenvalue weighted by atomic mass is 35.5. The monoisotopic (exact) mass is 402 g/mol. The third-order valence-electron chi connectivity index (χ3n) is 3.80. The van der Waals surface area contributed by atoms with Crippen LogP contribution in [0.15, 0.2) is 59.7 Å². The molecular weight excluding hydrogens is 387 g/mol. The molecule has 27 heavy (non-hydrogen) atoms. The Bertz CT molecular complexity index is 1010. The molecule has 0 spiro atoms. The molecule has 0 aliphatic carbocycles. The van der Waals surface area contributed by atoms with Crippen molar-refractivity contribution in [2.45, 2.75) is 19.4 Å². The molecule has 0 bridgehead atoms. The lowest BCUT2D eigenvalue weighted by Gasteiger charge is -2.09. The number of amides is 1. The maximum Gasteiger partial charge on any atom is 0.266 e. The van der Waals surface area contributed by atoms with Crippen LogP contribution in [0.2, 0.25) is 10.0 Å². The Labute approximate surface area is 165 Å². The standard InChI is InChI=1S/C19H16Cl2N4O2/c20-14-5-6-15(21)17(11-14)23-18(26)4-2-10-25-19(27)8-7-16(24-25)13-3-1-9-22-12-13/h1,3,5-9,11-12H,2,4,10H2,(H,23,26). The van der Waals surface area contributed by atoms with E-state index in [1.54, 1.807) is 42.7 Å². The molecule has 0 fully saturated rings. The van der Waals surface area contributed by atoms with E-state index in [0.717, 1.165) is 5.56 Å². The number of carbonyl (C=O) groups is 1. The molecule has 2 heterocycles. The van der Waals surface area contributed by atoms with E-state index in [1.807, 2.05) is 6.07 Å². The van der Waals surface area contributed by atoms with E-state index in [1.165, 1.54) is 10.7 Å². The van der Waals surface area contributed by atoms with E-state index in [0.29, 0.717) is 34.4 Å². The number of hydrogen-bond acceptors (Lipinski definition) is 4. The fourth-order valence-corrected chi connectivity index (χ4v) is 2.81. The highest BCUT2D eigenvalue weighted by Gasteiger charge is 2.08. The van der Waals surface area contributed by atoms with Gasteiger partial charge in [0, 0.05) is 42.0 Å². The Balaban J connectivity index is 1.61. The van der Waals surface area contributed by atoms with E-state index < -0.39 is 0 Å². The molecular formula is C19H16Cl2N4O2. The molecule has 1 aromatic carbocycles. The normalized spacial score (nSPS) is 10.6. The lowest BCUT2D eigenvalue weighted by Crippen LogP contribution is -2.23. The molecule has 0 aliphatic rings. The van der Waals surface area contributed by atoms with Crippen LogP contribution in [0, 0.1) is 0 Å². The average molecular weight is 403 g/mol. The Kier molecular flexibility index (Phi) is 6.21. The van der Waals surface area contributed by atoms with Gasteiger partial charge in [-0.25, -0.2) is 4.68 Å². The second kappa shape index (κ2) is 8.79. The number of hydrogen-bond donors (Lipinski definition) is 1. The Morgan fingerprint density at radius 2 is 2.00 bits per heavy atom. The highest BCUT2D eigenvalue weighted by Crippen LogP contribution is 2.25. The van der Waals surface area contributed by atoms with E-state index >= 15 is 0 Å². The molecule has 6 nitrogen and oxygen atoms in total. The number of nitrogens with one attached hydrogen (secondary N) is 1. The summed E-state index contributed by atoms with van der Waals surface area (Å²) in [5.74, 6) is -0.212. The number of nitrogens with zero attached hydrogens (tertiary/aromatic N) is 3. The molecule has 0 radical (unpaired) electrons. The molecule has 0 unspecified atom stereocenters. The van der Waals surface area contributed by atoms with Gasteiger partial charge in [-0.1, -0.05) is 23.2 Å². The van der Waals surface area contributed by atoms with Gasteiger partial charge in [-0.15, -0.1) is 0 Å². The SMILES string of the molecule is O=C(CCCn1nc(-c2cccnc2)ccc1=O)Nc1cc(Cl)ccc1Cl.